The highest BCUT2D eigenvalue weighted by Crippen LogP contribution is 2.35. The molecule has 0 saturated carbocycles. The highest BCUT2D eigenvalue weighted by atomic mass is 16.5. The molecule has 110 valence electrons. The summed E-state index contributed by atoms with van der Waals surface area (Å²) in [5.41, 5.74) is 9.73. The summed E-state index contributed by atoms with van der Waals surface area (Å²) >= 11 is 0. The van der Waals surface area contributed by atoms with Crippen molar-refractivity contribution in [2.24, 2.45) is 0 Å². The third-order valence-electron chi connectivity index (χ3n) is 3.48. The molecule has 0 aromatic heterocycles. The van der Waals surface area contributed by atoms with E-state index in [2.05, 4.69) is 23.1 Å². The summed E-state index contributed by atoms with van der Waals surface area (Å²) in [6.07, 6.45) is 0. The lowest BCUT2D eigenvalue weighted by atomic mass is 10.2. The van der Waals surface area contributed by atoms with Crippen molar-refractivity contribution >= 4 is 22.7 Å². The Morgan fingerprint density at radius 2 is 1.36 bits per heavy atom. The van der Waals surface area contributed by atoms with Gasteiger partial charge in [0.2, 0.25) is 0 Å². The van der Waals surface area contributed by atoms with Crippen LogP contribution in [-0.2, 0) is 0 Å². The van der Waals surface area contributed by atoms with Crippen LogP contribution in [-0.4, -0.2) is 7.11 Å². The first-order valence-electron chi connectivity index (χ1n) is 7.13. The van der Waals surface area contributed by atoms with E-state index in [0.29, 0.717) is 0 Å². The van der Waals surface area contributed by atoms with Gasteiger partial charge in [-0.1, -0.05) is 24.3 Å². The van der Waals surface area contributed by atoms with Crippen LogP contribution in [0, 0.1) is 0 Å². The summed E-state index contributed by atoms with van der Waals surface area (Å²) in [7, 11) is 1.68. The average Bonchev–Trinajstić information content (AvgIpc) is 2.58. The van der Waals surface area contributed by atoms with Gasteiger partial charge in [-0.3, -0.25) is 0 Å². The van der Waals surface area contributed by atoms with E-state index in [0.717, 1.165) is 28.5 Å². The van der Waals surface area contributed by atoms with Crippen molar-refractivity contribution in [2.45, 2.75) is 0 Å². The molecule has 3 nitrogen and oxygen atoms in total. The van der Waals surface area contributed by atoms with Crippen LogP contribution in [0.25, 0.3) is 0 Å². The second kappa shape index (κ2) is 6.22. The van der Waals surface area contributed by atoms with Gasteiger partial charge in [0.1, 0.15) is 5.75 Å². The molecule has 2 N–H and O–H groups in total. The zero-order chi connectivity index (χ0) is 15.4. The lowest BCUT2D eigenvalue weighted by Gasteiger charge is -2.25. The lowest BCUT2D eigenvalue weighted by Crippen LogP contribution is -2.09. The molecule has 0 aliphatic carbocycles. The summed E-state index contributed by atoms with van der Waals surface area (Å²) in [6.45, 7) is 0. The topological polar surface area (TPSA) is 38.5 Å². The van der Waals surface area contributed by atoms with E-state index in [4.69, 9.17) is 10.5 Å². The zero-order valence-electron chi connectivity index (χ0n) is 12.4. The van der Waals surface area contributed by atoms with Gasteiger partial charge in [0, 0.05) is 28.8 Å². The van der Waals surface area contributed by atoms with Crippen LogP contribution < -0.4 is 15.4 Å². The number of nitrogens with zero attached hydrogens (tertiary/aromatic N) is 1. The van der Waals surface area contributed by atoms with Crippen LogP contribution in [0.5, 0.6) is 5.75 Å². The summed E-state index contributed by atoms with van der Waals surface area (Å²) in [4.78, 5) is 2.17. The first-order valence-corrected chi connectivity index (χ1v) is 7.13. The van der Waals surface area contributed by atoms with Crippen LogP contribution in [0.2, 0.25) is 0 Å². The van der Waals surface area contributed by atoms with Crippen molar-refractivity contribution in [2.75, 3.05) is 17.7 Å². The minimum Gasteiger partial charge on any atom is -0.497 e. The largest absolute Gasteiger partial charge is 0.497 e. The zero-order valence-corrected chi connectivity index (χ0v) is 12.4. The van der Waals surface area contributed by atoms with E-state index >= 15 is 0 Å². The van der Waals surface area contributed by atoms with E-state index < -0.39 is 0 Å². The van der Waals surface area contributed by atoms with Gasteiger partial charge >= 0.3 is 0 Å². The molecule has 3 rings (SSSR count). The summed E-state index contributed by atoms with van der Waals surface area (Å²) < 4.78 is 5.35. The normalized spacial score (nSPS) is 10.2. The van der Waals surface area contributed by atoms with E-state index in [1.165, 1.54) is 0 Å². The first-order chi connectivity index (χ1) is 10.8. The number of rotatable bonds is 4. The minimum absolute atomic E-state index is 0.752. The van der Waals surface area contributed by atoms with Crippen molar-refractivity contribution in [3.8, 4) is 5.75 Å². The minimum atomic E-state index is 0.752. The van der Waals surface area contributed by atoms with Crippen molar-refractivity contribution in [1.29, 1.82) is 0 Å². The van der Waals surface area contributed by atoms with Gasteiger partial charge in [-0.2, -0.15) is 0 Å². The number of hydrogen-bond donors (Lipinski definition) is 1. The van der Waals surface area contributed by atoms with Gasteiger partial charge in [-0.05, 0) is 48.5 Å². The number of ether oxygens (including phenoxy) is 1. The Morgan fingerprint density at radius 1 is 0.727 bits per heavy atom. The maximum atomic E-state index is 5.81. The standard InChI is InChI=1S/C19H18N2O/c1-22-19-9-5-8-18(14-19)21(16-6-3-2-4-7-16)17-12-10-15(20)11-13-17/h2-14H,20H2,1H3. The molecule has 0 atom stereocenters. The Morgan fingerprint density at radius 3 is 2.05 bits per heavy atom. The molecular weight excluding hydrogens is 272 g/mol. The Hall–Kier alpha value is -2.94. The molecule has 0 aliphatic rings. The van der Waals surface area contributed by atoms with E-state index in [1.807, 2.05) is 60.7 Å². The summed E-state index contributed by atoms with van der Waals surface area (Å²) in [5, 5.41) is 0. The molecule has 0 aliphatic heterocycles. The highest BCUT2D eigenvalue weighted by Gasteiger charge is 2.12. The molecule has 3 aromatic carbocycles. The third kappa shape index (κ3) is 2.88. The number of methoxy groups -OCH3 is 1. The Kier molecular flexibility index (Phi) is 3.97. The molecular formula is C19H18N2O. The second-order valence-electron chi connectivity index (χ2n) is 4.96. The number of nitrogens with two attached hydrogens (primary N) is 1. The van der Waals surface area contributed by atoms with Crippen LogP contribution in [0.15, 0.2) is 78.9 Å². The molecule has 0 fully saturated rings. The molecule has 0 amide bonds. The van der Waals surface area contributed by atoms with Gasteiger partial charge in [0.25, 0.3) is 0 Å². The van der Waals surface area contributed by atoms with E-state index in [1.54, 1.807) is 7.11 Å². The van der Waals surface area contributed by atoms with Crippen molar-refractivity contribution in [1.82, 2.24) is 0 Å². The summed E-state index contributed by atoms with van der Waals surface area (Å²) in [5.74, 6) is 0.828. The van der Waals surface area contributed by atoms with Crippen molar-refractivity contribution in [3.63, 3.8) is 0 Å². The Labute approximate surface area is 130 Å². The number of anilines is 4. The number of hydrogen-bond acceptors (Lipinski definition) is 3. The fraction of sp³-hybridized carbons (Fsp3) is 0.0526. The first kappa shape index (κ1) is 14.0. The number of para-hydroxylation sites is 1. The van der Waals surface area contributed by atoms with Crippen LogP contribution in [0.1, 0.15) is 0 Å². The van der Waals surface area contributed by atoms with Gasteiger partial charge in [0.05, 0.1) is 7.11 Å². The fourth-order valence-electron chi connectivity index (χ4n) is 2.40. The number of benzene rings is 3. The van der Waals surface area contributed by atoms with Crippen LogP contribution in [0.4, 0.5) is 22.7 Å². The molecule has 3 heteroatoms. The van der Waals surface area contributed by atoms with Gasteiger partial charge in [-0.25, -0.2) is 0 Å². The smallest absolute Gasteiger partial charge is 0.120 e. The molecule has 0 unspecified atom stereocenters. The quantitative estimate of drug-likeness (QED) is 0.705. The van der Waals surface area contributed by atoms with Gasteiger partial charge in [0.15, 0.2) is 0 Å². The SMILES string of the molecule is COc1cccc(N(c2ccccc2)c2ccc(N)cc2)c1. The maximum absolute atomic E-state index is 5.81. The van der Waals surface area contributed by atoms with Gasteiger partial charge < -0.3 is 15.4 Å². The maximum Gasteiger partial charge on any atom is 0.120 e. The molecule has 3 aromatic rings. The van der Waals surface area contributed by atoms with E-state index in [-0.39, 0.29) is 0 Å². The fourth-order valence-corrected chi connectivity index (χ4v) is 2.40. The summed E-state index contributed by atoms with van der Waals surface area (Å²) in [6, 6.07) is 26.1. The predicted octanol–water partition coefficient (Wildman–Crippen LogP) is 4.75. The Balaban J connectivity index is 2.12. The molecule has 0 bridgehead atoms. The van der Waals surface area contributed by atoms with Crippen LogP contribution >= 0.6 is 0 Å². The lowest BCUT2D eigenvalue weighted by molar-refractivity contribution is 0.415. The third-order valence-corrected chi connectivity index (χ3v) is 3.48. The molecule has 22 heavy (non-hydrogen) atoms. The molecule has 0 spiro atoms. The highest BCUT2D eigenvalue weighted by molar-refractivity contribution is 5.77. The number of nitrogen functional groups attached to an aromatic ring is 1. The Bertz CT molecular complexity index is 739. The van der Waals surface area contributed by atoms with Crippen LogP contribution in [0.3, 0.4) is 0 Å². The monoisotopic (exact) mass is 290 g/mol. The average molecular weight is 290 g/mol. The van der Waals surface area contributed by atoms with Gasteiger partial charge in [-0.15, -0.1) is 0 Å². The molecule has 0 radical (unpaired) electrons. The van der Waals surface area contributed by atoms with Crippen molar-refractivity contribution in [3.05, 3.63) is 78.9 Å². The van der Waals surface area contributed by atoms with Crippen molar-refractivity contribution < 1.29 is 4.74 Å². The van der Waals surface area contributed by atoms with E-state index in [9.17, 15) is 0 Å². The molecule has 0 saturated heterocycles. The predicted molar refractivity (Wildman–Crippen MR) is 92.1 cm³/mol. The second-order valence-corrected chi connectivity index (χ2v) is 4.96. The molecule has 0 heterocycles.